The quantitative estimate of drug-likeness (QED) is 0.688. The van der Waals surface area contributed by atoms with Crippen LogP contribution in [0.5, 0.6) is 5.75 Å². The van der Waals surface area contributed by atoms with Gasteiger partial charge in [0, 0.05) is 36.2 Å². The third-order valence-electron chi connectivity index (χ3n) is 4.10. The Kier molecular flexibility index (Phi) is 4.73. The molecular weight excluding hydrogens is 359 g/mol. The van der Waals surface area contributed by atoms with E-state index in [-0.39, 0.29) is 11.7 Å². The van der Waals surface area contributed by atoms with Crippen LogP contribution < -0.4 is 15.8 Å². The molecule has 27 heavy (non-hydrogen) atoms. The van der Waals surface area contributed by atoms with Gasteiger partial charge in [-0.2, -0.15) is 0 Å². The van der Waals surface area contributed by atoms with Crippen molar-refractivity contribution in [2.45, 2.75) is 26.8 Å². The molecule has 0 aliphatic carbocycles. The van der Waals surface area contributed by atoms with E-state index in [9.17, 15) is 18.0 Å². The predicted octanol–water partition coefficient (Wildman–Crippen LogP) is 4.77. The number of amides is 1. The van der Waals surface area contributed by atoms with Crippen LogP contribution >= 0.6 is 0 Å². The maximum absolute atomic E-state index is 12.5. The first-order chi connectivity index (χ1) is 12.7. The number of ether oxygens (including phenoxy) is 1. The van der Waals surface area contributed by atoms with Crippen molar-refractivity contribution in [2.24, 2.45) is 0 Å². The summed E-state index contributed by atoms with van der Waals surface area (Å²) in [6, 6.07) is 11.2. The highest BCUT2D eigenvalue weighted by Gasteiger charge is 2.31. The molecule has 0 saturated heterocycles. The third-order valence-corrected chi connectivity index (χ3v) is 4.10. The van der Waals surface area contributed by atoms with Crippen molar-refractivity contribution in [3.05, 3.63) is 42.5 Å². The van der Waals surface area contributed by atoms with Gasteiger partial charge in [0.2, 0.25) is 5.91 Å². The standard InChI is InChI=1S/C19H18F3N3O2/c1-3-25-16-10-14(27-19(20,21)22)8-9-15(16)17(23)18(25)12-4-6-13(7-5-12)24-11(2)26/h4-10H,3,23H2,1-2H3,(H,24,26). The molecule has 0 radical (unpaired) electrons. The van der Waals surface area contributed by atoms with Crippen molar-refractivity contribution in [3.8, 4) is 17.0 Å². The molecule has 0 aliphatic heterocycles. The Morgan fingerprint density at radius 3 is 2.41 bits per heavy atom. The second-order valence-electron chi connectivity index (χ2n) is 5.99. The lowest BCUT2D eigenvalue weighted by atomic mass is 10.1. The predicted molar refractivity (Wildman–Crippen MR) is 98.4 cm³/mol. The Morgan fingerprint density at radius 1 is 1.19 bits per heavy atom. The van der Waals surface area contributed by atoms with E-state index in [1.807, 2.05) is 11.5 Å². The zero-order valence-electron chi connectivity index (χ0n) is 14.7. The van der Waals surface area contributed by atoms with Gasteiger partial charge in [0.25, 0.3) is 0 Å². The normalized spacial score (nSPS) is 11.6. The maximum Gasteiger partial charge on any atom is 0.573 e. The zero-order valence-corrected chi connectivity index (χ0v) is 14.7. The molecule has 1 aromatic heterocycles. The van der Waals surface area contributed by atoms with Crippen LogP contribution in [-0.4, -0.2) is 16.8 Å². The van der Waals surface area contributed by atoms with Gasteiger partial charge < -0.3 is 20.4 Å². The molecule has 0 unspecified atom stereocenters. The largest absolute Gasteiger partial charge is 0.573 e. The first kappa shape index (κ1) is 18.6. The van der Waals surface area contributed by atoms with Crippen molar-refractivity contribution >= 4 is 28.2 Å². The number of nitrogens with two attached hydrogens (primary N) is 1. The van der Waals surface area contributed by atoms with Crippen LogP contribution in [-0.2, 0) is 11.3 Å². The SMILES string of the molecule is CCn1c(-c2ccc(NC(C)=O)cc2)c(N)c2ccc(OC(F)(F)F)cc21. The van der Waals surface area contributed by atoms with Crippen LogP contribution in [0.15, 0.2) is 42.5 Å². The number of rotatable bonds is 4. The van der Waals surface area contributed by atoms with Crippen LogP contribution in [0.4, 0.5) is 24.5 Å². The minimum Gasteiger partial charge on any atom is -0.406 e. The van der Waals surface area contributed by atoms with Crippen LogP contribution in [0.3, 0.4) is 0 Å². The number of carbonyl (C=O) groups is 1. The summed E-state index contributed by atoms with van der Waals surface area (Å²) >= 11 is 0. The topological polar surface area (TPSA) is 69.3 Å². The molecule has 8 heteroatoms. The van der Waals surface area contributed by atoms with Crippen molar-refractivity contribution < 1.29 is 22.7 Å². The zero-order chi connectivity index (χ0) is 19.8. The Labute approximate surface area is 153 Å². The van der Waals surface area contributed by atoms with Gasteiger partial charge in [-0.3, -0.25) is 4.79 Å². The fraction of sp³-hybridized carbons (Fsp3) is 0.211. The molecule has 0 spiro atoms. The van der Waals surface area contributed by atoms with Gasteiger partial charge >= 0.3 is 6.36 Å². The lowest BCUT2D eigenvalue weighted by Gasteiger charge is -2.11. The second-order valence-corrected chi connectivity index (χ2v) is 5.99. The molecular formula is C19H18F3N3O2. The van der Waals surface area contributed by atoms with Crippen LogP contribution in [0.25, 0.3) is 22.2 Å². The lowest BCUT2D eigenvalue weighted by molar-refractivity contribution is -0.274. The number of carbonyl (C=O) groups excluding carboxylic acids is 1. The van der Waals surface area contributed by atoms with Gasteiger partial charge in [-0.1, -0.05) is 12.1 Å². The fourth-order valence-corrected chi connectivity index (χ4v) is 3.11. The van der Waals surface area contributed by atoms with Gasteiger partial charge in [0.05, 0.1) is 16.9 Å². The van der Waals surface area contributed by atoms with E-state index >= 15 is 0 Å². The maximum atomic E-state index is 12.5. The Hall–Kier alpha value is -3.16. The Balaban J connectivity index is 2.10. The Bertz CT molecular complexity index is 992. The number of benzene rings is 2. The van der Waals surface area contributed by atoms with Crippen molar-refractivity contribution in [1.82, 2.24) is 4.57 Å². The number of nitrogens with zero attached hydrogens (tertiary/aromatic N) is 1. The number of anilines is 2. The molecule has 3 rings (SSSR count). The number of aromatic nitrogens is 1. The van der Waals surface area contributed by atoms with E-state index in [0.717, 1.165) is 5.56 Å². The smallest absolute Gasteiger partial charge is 0.406 e. The highest BCUT2D eigenvalue weighted by atomic mass is 19.4. The van der Waals surface area contributed by atoms with Gasteiger partial charge in [0.15, 0.2) is 0 Å². The van der Waals surface area contributed by atoms with Gasteiger partial charge in [-0.05, 0) is 31.2 Å². The summed E-state index contributed by atoms with van der Waals surface area (Å²) in [5.74, 6) is -0.475. The summed E-state index contributed by atoms with van der Waals surface area (Å²) in [7, 11) is 0. The van der Waals surface area contributed by atoms with E-state index in [2.05, 4.69) is 10.1 Å². The average molecular weight is 377 g/mol. The molecule has 0 atom stereocenters. The number of nitrogens with one attached hydrogen (secondary N) is 1. The highest BCUT2D eigenvalue weighted by Crippen LogP contribution is 2.38. The molecule has 142 valence electrons. The van der Waals surface area contributed by atoms with Crippen LogP contribution in [0.2, 0.25) is 0 Å². The molecule has 0 aliphatic rings. The lowest BCUT2D eigenvalue weighted by Crippen LogP contribution is -2.17. The molecule has 5 nitrogen and oxygen atoms in total. The van der Waals surface area contributed by atoms with Gasteiger partial charge in [-0.25, -0.2) is 0 Å². The van der Waals surface area contributed by atoms with E-state index < -0.39 is 6.36 Å². The van der Waals surface area contributed by atoms with E-state index in [4.69, 9.17) is 5.73 Å². The first-order valence-electron chi connectivity index (χ1n) is 8.25. The number of aryl methyl sites for hydroxylation is 1. The number of fused-ring (bicyclic) bond motifs is 1. The highest BCUT2D eigenvalue weighted by molar-refractivity contribution is 6.01. The minimum atomic E-state index is -4.76. The third kappa shape index (κ3) is 3.84. The van der Waals surface area contributed by atoms with Crippen molar-refractivity contribution in [2.75, 3.05) is 11.1 Å². The van der Waals surface area contributed by atoms with Gasteiger partial charge in [-0.15, -0.1) is 13.2 Å². The Morgan fingerprint density at radius 2 is 1.85 bits per heavy atom. The van der Waals surface area contributed by atoms with E-state index in [0.29, 0.717) is 34.5 Å². The summed E-state index contributed by atoms with van der Waals surface area (Å²) in [6.45, 7) is 3.80. The molecule has 2 aromatic carbocycles. The van der Waals surface area contributed by atoms with Crippen LogP contribution in [0.1, 0.15) is 13.8 Å². The number of alkyl halides is 3. The monoisotopic (exact) mass is 377 g/mol. The number of halogens is 3. The van der Waals surface area contributed by atoms with Crippen LogP contribution in [0, 0.1) is 0 Å². The average Bonchev–Trinajstić information content (AvgIpc) is 2.85. The van der Waals surface area contributed by atoms with Crippen molar-refractivity contribution in [3.63, 3.8) is 0 Å². The molecule has 0 bridgehead atoms. The summed E-state index contributed by atoms with van der Waals surface area (Å²) < 4.78 is 43.4. The molecule has 0 saturated carbocycles. The summed E-state index contributed by atoms with van der Waals surface area (Å²) in [4.78, 5) is 11.1. The molecule has 3 N–H and O–H groups in total. The molecule has 1 amide bonds. The summed E-state index contributed by atoms with van der Waals surface area (Å²) in [5.41, 5.74) is 9.45. The number of hydrogen-bond donors (Lipinski definition) is 2. The molecule has 1 heterocycles. The molecule has 3 aromatic rings. The van der Waals surface area contributed by atoms with E-state index in [1.54, 1.807) is 24.3 Å². The van der Waals surface area contributed by atoms with Crippen molar-refractivity contribution in [1.29, 1.82) is 0 Å². The summed E-state index contributed by atoms with van der Waals surface area (Å²) in [6.07, 6.45) is -4.76. The minimum absolute atomic E-state index is 0.179. The second kappa shape index (κ2) is 6.86. The number of nitrogen functional groups attached to an aromatic ring is 1. The number of hydrogen-bond acceptors (Lipinski definition) is 3. The fourth-order valence-electron chi connectivity index (χ4n) is 3.11. The summed E-state index contributed by atoms with van der Waals surface area (Å²) in [5, 5.41) is 3.33. The first-order valence-corrected chi connectivity index (χ1v) is 8.25. The van der Waals surface area contributed by atoms with Gasteiger partial charge in [0.1, 0.15) is 5.75 Å². The van der Waals surface area contributed by atoms with E-state index in [1.165, 1.54) is 25.1 Å². The molecule has 0 fully saturated rings.